The molecule has 0 saturated heterocycles. The number of aromatic nitrogens is 2. The second-order valence-electron chi connectivity index (χ2n) is 5.47. The number of aryl methyl sites for hydroxylation is 2. The molecule has 0 bridgehead atoms. The van der Waals surface area contributed by atoms with Gasteiger partial charge in [-0.15, -0.1) is 22.7 Å². The highest BCUT2D eigenvalue weighted by Crippen LogP contribution is 2.31. The van der Waals surface area contributed by atoms with Gasteiger partial charge in [-0.05, 0) is 38.1 Å². The zero-order valence-corrected chi connectivity index (χ0v) is 15.5. The molecule has 5 nitrogen and oxygen atoms in total. The van der Waals surface area contributed by atoms with E-state index in [1.54, 1.807) is 23.5 Å². The van der Waals surface area contributed by atoms with Gasteiger partial charge in [0.15, 0.2) is 11.4 Å². The lowest BCUT2D eigenvalue weighted by Crippen LogP contribution is -2.20. The predicted molar refractivity (Wildman–Crippen MR) is 101 cm³/mol. The van der Waals surface area contributed by atoms with Crippen LogP contribution < -0.4 is 4.90 Å². The van der Waals surface area contributed by atoms with E-state index < -0.39 is 0 Å². The molecule has 0 spiro atoms. The maximum absolute atomic E-state index is 11.1. The first kappa shape index (κ1) is 17.3. The molecular weight excluding hydrogens is 352 g/mol. The van der Waals surface area contributed by atoms with Crippen LogP contribution in [0.3, 0.4) is 0 Å². The molecule has 126 valence electrons. The zero-order chi connectivity index (χ0) is 17.8. The smallest absolute Gasteiger partial charge is 0.190 e. The van der Waals surface area contributed by atoms with Gasteiger partial charge in [-0.3, -0.25) is 4.79 Å². The number of hydrogen-bond acceptors (Lipinski definition) is 7. The Hall–Kier alpha value is -2.56. The van der Waals surface area contributed by atoms with Crippen LogP contribution >= 0.6 is 22.7 Å². The van der Waals surface area contributed by atoms with Crippen molar-refractivity contribution in [2.75, 3.05) is 11.4 Å². The van der Waals surface area contributed by atoms with Crippen molar-refractivity contribution in [3.8, 4) is 6.07 Å². The Morgan fingerprint density at radius 2 is 2.00 bits per heavy atom. The van der Waals surface area contributed by atoms with Crippen LogP contribution in [-0.2, 0) is 6.42 Å². The molecule has 0 N–H and O–H groups in total. The fourth-order valence-corrected chi connectivity index (χ4v) is 3.99. The summed E-state index contributed by atoms with van der Waals surface area (Å²) in [5, 5.41) is 12.9. The summed E-state index contributed by atoms with van der Waals surface area (Å²) in [7, 11) is 0. The summed E-state index contributed by atoms with van der Waals surface area (Å²) in [6, 6.07) is 9.52. The van der Waals surface area contributed by atoms with Gasteiger partial charge in [0.25, 0.3) is 0 Å². The van der Waals surface area contributed by atoms with Crippen molar-refractivity contribution in [3.05, 3.63) is 56.5 Å². The van der Waals surface area contributed by atoms with Gasteiger partial charge in [-0.1, -0.05) is 0 Å². The number of aldehydes is 1. The highest BCUT2D eigenvalue weighted by atomic mass is 32.1. The third-order valence-corrected chi connectivity index (χ3v) is 5.56. The quantitative estimate of drug-likeness (QED) is 0.607. The Morgan fingerprint density at radius 1 is 1.24 bits per heavy atom. The van der Waals surface area contributed by atoms with Gasteiger partial charge in [-0.2, -0.15) is 5.26 Å². The van der Waals surface area contributed by atoms with Crippen molar-refractivity contribution in [1.82, 2.24) is 9.97 Å². The number of rotatable bonds is 6. The van der Waals surface area contributed by atoms with Crippen LogP contribution in [0.5, 0.6) is 0 Å². The minimum atomic E-state index is 0.475. The molecule has 25 heavy (non-hydrogen) atoms. The average Bonchev–Trinajstić information content (AvgIpc) is 3.21. The van der Waals surface area contributed by atoms with Gasteiger partial charge in [0.05, 0.1) is 22.3 Å². The molecule has 0 saturated carbocycles. The van der Waals surface area contributed by atoms with E-state index >= 15 is 0 Å². The number of nitrogens with zero attached hydrogens (tertiary/aromatic N) is 4. The molecule has 0 radical (unpaired) electrons. The largest absolute Gasteiger partial charge is 0.317 e. The van der Waals surface area contributed by atoms with Gasteiger partial charge in [0.2, 0.25) is 0 Å². The Labute approximate surface area is 154 Å². The Balaban J connectivity index is 1.91. The number of nitriles is 1. The number of benzene rings is 1. The molecule has 1 aromatic carbocycles. The van der Waals surface area contributed by atoms with Crippen LogP contribution in [0.2, 0.25) is 0 Å². The standard InChI is InChI=1S/C18H16N4OS2/c1-12-17(10-23)21-18(25-12)22(8-7-15-11-24-13(2)20-15)16-5-3-14(9-19)4-6-16/h3-6,10-11H,7-8H2,1-2H3. The molecule has 0 fully saturated rings. The van der Waals surface area contributed by atoms with Crippen molar-refractivity contribution in [2.24, 2.45) is 0 Å². The Morgan fingerprint density at radius 3 is 2.56 bits per heavy atom. The van der Waals surface area contributed by atoms with Crippen LogP contribution in [0.25, 0.3) is 0 Å². The molecule has 0 amide bonds. The topological polar surface area (TPSA) is 69.9 Å². The van der Waals surface area contributed by atoms with E-state index in [1.807, 2.05) is 26.0 Å². The summed E-state index contributed by atoms with van der Waals surface area (Å²) in [5.41, 5.74) is 3.08. The minimum Gasteiger partial charge on any atom is -0.317 e. The lowest BCUT2D eigenvalue weighted by Gasteiger charge is -2.21. The van der Waals surface area contributed by atoms with Crippen molar-refractivity contribution in [2.45, 2.75) is 20.3 Å². The lowest BCUT2D eigenvalue weighted by atomic mass is 10.2. The first-order valence-electron chi connectivity index (χ1n) is 7.72. The monoisotopic (exact) mass is 368 g/mol. The lowest BCUT2D eigenvalue weighted by molar-refractivity contribution is 0.111. The molecule has 0 atom stereocenters. The maximum Gasteiger partial charge on any atom is 0.190 e. The van der Waals surface area contributed by atoms with Crippen LogP contribution in [0.15, 0.2) is 29.6 Å². The number of hydrogen-bond donors (Lipinski definition) is 0. The van der Waals surface area contributed by atoms with E-state index in [1.165, 1.54) is 11.3 Å². The number of carbonyl (C=O) groups is 1. The first-order valence-corrected chi connectivity index (χ1v) is 9.41. The van der Waals surface area contributed by atoms with E-state index in [0.29, 0.717) is 17.8 Å². The van der Waals surface area contributed by atoms with Gasteiger partial charge >= 0.3 is 0 Å². The summed E-state index contributed by atoms with van der Waals surface area (Å²) in [4.78, 5) is 23.1. The summed E-state index contributed by atoms with van der Waals surface area (Å²) < 4.78 is 0. The fraction of sp³-hybridized carbons (Fsp3) is 0.222. The van der Waals surface area contributed by atoms with Crippen molar-refractivity contribution in [1.29, 1.82) is 5.26 Å². The van der Waals surface area contributed by atoms with E-state index in [4.69, 9.17) is 5.26 Å². The Bertz CT molecular complexity index is 921. The summed E-state index contributed by atoms with van der Waals surface area (Å²) in [6.07, 6.45) is 1.56. The normalized spacial score (nSPS) is 10.4. The second kappa shape index (κ2) is 7.55. The van der Waals surface area contributed by atoms with Crippen LogP contribution in [0.1, 0.15) is 31.6 Å². The van der Waals surface area contributed by atoms with Gasteiger partial charge in [0.1, 0.15) is 5.69 Å². The van der Waals surface area contributed by atoms with Crippen molar-refractivity contribution >= 4 is 39.8 Å². The molecule has 0 unspecified atom stereocenters. The van der Waals surface area contributed by atoms with Crippen LogP contribution in [0.4, 0.5) is 10.8 Å². The van der Waals surface area contributed by atoms with Crippen molar-refractivity contribution < 1.29 is 4.79 Å². The van der Waals surface area contributed by atoms with Gasteiger partial charge < -0.3 is 4.90 Å². The molecule has 2 heterocycles. The van der Waals surface area contributed by atoms with Gasteiger partial charge in [-0.25, -0.2) is 9.97 Å². The summed E-state index contributed by atoms with van der Waals surface area (Å²) in [5.74, 6) is 0. The zero-order valence-electron chi connectivity index (χ0n) is 13.9. The van der Waals surface area contributed by atoms with Crippen LogP contribution in [0, 0.1) is 25.2 Å². The fourth-order valence-electron chi connectivity index (χ4n) is 2.42. The van der Waals surface area contributed by atoms with Crippen LogP contribution in [-0.4, -0.2) is 22.8 Å². The summed E-state index contributed by atoms with van der Waals surface area (Å²) >= 11 is 3.13. The maximum atomic E-state index is 11.1. The molecule has 3 aromatic rings. The highest BCUT2D eigenvalue weighted by Gasteiger charge is 2.16. The predicted octanol–water partition coefficient (Wildman–Crippen LogP) is 4.28. The van der Waals surface area contributed by atoms with Crippen molar-refractivity contribution in [3.63, 3.8) is 0 Å². The second-order valence-corrected chi connectivity index (χ2v) is 7.72. The van der Waals surface area contributed by atoms with E-state index in [2.05, 4.69) is 26.3 Å². The third-order valence-electron chi connectivity index (χ3n) is 3.73. The SMILES string of the molecule is Cc1nc(CCN(c2ccc(C#N)cc2)c2nc(C=O)c(C)s2)cs1. The molecular formula is C18H16N4OS2. The molecule has 0 aliphatic carbocycles. The molecule has 0 aliphatic rings. The average molecular weight is 368 g/mol. The first-order chi connectivity index (χ1) is 12.1. The van der Waals surface area contributed by atoms with Gasteiger partial charge in [0, 0.05) is 28.9 Å². The minimum absolute atomic E-state index is 0.475. The highest BCUT2D eigenvalue weighted by molar-refractivity contribution is 7.15. The number of thiazole rings is 2. The summed E-state index contributed by atoms with van der Waals surface area (Å²) in [6.45, 7) is 4.58. The number of anilines is 2. The van der Waals surface area contributed by atoms with E-state index in [0.717, 1.165) is 39.1 Å². The molecule has 3 rings (SSSR count). The van der Waals surface area contributed by atoms with E-state index in [-0.39, 0.29) is 0 Å². The van der Waals surface area contributed by atoms with E-state index in [9.17, 15) is 4.79 Å². The third kappa shape index (κ3) is 3.92. The molecule has 0 aliphatic heterocycles. The number of carbonyl (C=O) groups excluding carboxylic acids is 1. The molecule has 7 heteroatoms. The Kier molecular flexibility index (Phi) is 5.22. The molecule has 2 aromatic heterocycles.